The Morgan fingerprint density at radius 2 is 1.74 bits per heavy atom. The van der Waals surface area contributed by atoms with Crippen LogP contribution >= 0.6 is 0 Å². The van der Waals surface area contributed by atoms with Crippen molar-refractivity contribution in [3.8, 4) is 22.4 Å². The highest BCUT2D eigenvalue weighted by Crippen LogP contribution is 2.38. The number of benzene rings is 2. The highest BCUT2D eigenvalue weighted by molar-refractivity contribution is 5.92. The largest absolute Gasteiger partial charge is 0.480 e. The lowest BCUT2D eigenvalue weighted by atomic mass is 9.99. The van der Waals surface area contributed by atoms with Gasteiger partial charge in [-0.1, -0.05) is 29.8 Å². The van der Waals surface area contributed by atoms with E-state index in [1.807, 2.05) is 63.2 Å². The molecule has 0 unspecified atom stereocenters. The van der Waals surface area contributed by atoms with Gasteiger partial charge in [0, 0.05) is 18.7 Å². The van der Waals surface area contributed by atoms with Crippen molar-refractivity contribution in [3.63, 3.8) is 0 Å². The summed E-state index contributed by atoms with van der Waals surface area (Å²) in [5.74, 6) is -0.754. The normalized spacial score (nSPS) is 11.3. The molecular formula is C23H25N5O3. The minimum atomic E-state index is -1.00. The first-order chi connectivity index (χ1) is 14.8. The van der Waals surface area contributed by atoms with E-state index < -0.39 is 5.97 Å². The number of aromatic nitrogens is 4. The van der Waals surface area contributed by atoms with Crippen LogP contribution in [0.1, 0.15) is 19.4 Å². The number of rotatable bonds is 6. The molecule has 0 amide bonds. The molecule has 31 heavy (non-hydrogen) atoms. The van der Waals surface area contributed by atoms with E-state index in [9.17, 15) is 14.7 Å². The predicted molar refractivity (Wildman–Crippen MR) is 121 cm³/mol. The number of aliphatic carboxylic acids is 1. The van der Waals surface area contributed by atoms with Crippen LogP contribution in [0.25, 0.3) is 33.4 Å². The van der Waals surface area contributed by atoms with Crippen LogP contribution in [-0.2, 0) is 24.4 Å². The number of anilines is 1. The van der Waals surface area contributed by atoms with Gasteiger partial charge in [-0.05, 0) is 44.5 Å². The van der Waals surface area contributed by atoms with Gasteiger partial charge in [-0.25, -0.2) is 4.79 Å². The summed E-state index contributed by atoms with van der Waals surface area (Å²) in [7, 11) is 0. The summed E-state index contributed by atoms with van der Waals surface area (Å²) in [6.07, 6.45) is 0. The van der Waals surface area contributed by atoms with Crippen LogP contribution in [-0.4, -0.2) is 30.0 Å². The summed E-state index contributed by atoms with van der Waals surface area (Å²) in [5, 5.41) is 13.7. The monoisotopic (exact) mass is 419 g/mol. The summed E-state index contributed by atoms with van der Waals surface area (Å²) in [4.78, 5) is 24.2. The van der Waals surface area contributed by atoms with Gasteiger partial charge in [0.25, 0.3) is 0 Å². The molecule has 0 saturated carbocycles. The Morgan fingerprint density at radius 1 is 1.03 bits per heavy atom. The molecule has 2 aromatic heterocycles. The Morgan fingerprint density at radius 3 is 2.39 bits per heavy atom. The molecule has 0 saturated heterocycles. The number of imidazole rings is 1. The Bertz CT molecular complexity index is 1360. The molecule has 8 heteroatoms. The van der Waals surface area contributed by atoms with Crippen molar-refractivity contribution in [2.45, 2.75) is 40.4 Å². The average Bonchev–Trinajstić information content (AvgIpc) is 3.19. The van der Waals surface area contributed by atoms with Crippen LogP contribution in [0.3, 0.4) is 0 Å². The first-order valence-corrected chi connectivity index (χ1v) is 10.2. The van der Waals surface area contributed by atoms with Gasteiger partial charge in [0.15, 0.2) is 5.82 Å². The number of fused-ring (bicyclic) bond motifs is 1. The summed E-state index contributed by atoms with van der Waals surface area (Å²) in [6, 6.07) is 13.5. The average molecular weight is 419 g/mol. The highest BCUT2D eigenvalue weighted by atomic mass is 16.4. The minimum Gasteiger partial charge on any atom is -0.480 e. The number of carboxylic acids is 1. The smallest absolute Gasteiger partial charge is 0.329 e. The van der Waals surface area contributed by atoms with E-state index >= 15 is 0 Å². The lowest BCUT2D eigenvalue weighted by molar-refractivity contribution is -0.137. The second kappa shape index (κ2) is 7.79. The van der Waals surface area contributed by atoms with E-state index in [0.29, 0.717) is 24.3 Å². The standard InChI is InChI=1S/C23H25N5O3/c1-4-26-17-10-9-15(12-18(17)27(5-2)23(26)31)20-21(16-8-6-7-14(3)11-16)28(13-19(29)30)25-22(20)24/h6-12H,4-5,13H2,1-3H3,(H2,24,25)(H,29,30). The second-order valence-electron chi connectivity index (χ2n) is 7.50. The van der Waals surface area contributed by atoms with Crippen LogP contribution in [0.15, 0.2) is 47.3 Å². The molecule has 4 aromatic rings. The van der Waals surface area contributed by atoms with Gasteiger partial charge in [0.1, 0.15) is 6.54 Å². The molecule has 0 aliphatic heterocycles. The number of nitrogens with two attached hydrogens (primary N) is 1. The number of nitrogen functional groups attached to an aromatic ring is 1. The van der Waals surface area contributed by atoms with Crippen LogP contribution in [0.4, 0.5) is 5.82 Å². The Kier molecular flexibility index (Phi) is 5.14. The fraction of sp³-hybridized carbons (Fsp3) is 0.261. The van der Waals surface area contributed by atoms with Crippen LogP contribution < -0.4 is 11.4 Å². The van der Waals surface area contributed by atoms with Gasteiger partial charge in [-0.15, -0.1) is 0 Å². The third kappa shape index (κ3) is 3.39. The van der Waals surface area contributed by atoms with Crippen LogP contribution in [0.5, 0.6) is 0 Å². The van der Waals surface area contributed by atoms with E-state index in [-0.39, 0.29) is 18.1 Å². The van der Waals surface area contributed by atoms with Gasteiger partial charge >= 0.3 is 11.7 Å². The maximum Gasteiger partial charge on any atom is 0.329 e. The van der Waals surface area contributed by atoms with Crippen molar-refractivity contribution < 1.29 is 9.90 Å². The molecule has 3 N–H and O–H groups in total. The molecule has 0 bridgehead atoms. The van der Waals surface area contributed by atoms with E-state index in [0.717, 1.165) is 27.7 Å². The van der Waals surface area contributed by atoms with Gasteiger partial charge in [0.05, 0.1) is 22.3 Å². The Hall–Kier alpha value is -3.81. The first-order valence-electron chi connectivity index (χ1n) is 10.2. The molecule has 0 atom stereocenters. The third-order valence-corrected chi connectivity index (χ3v) is 5.50. The lowest BCUT2D eigenvalue weighted by Crippen LogP contribution is -2.22. The van der Waals surface area contributed by atoms with Crippen LogP contribution in [0.2, 0.25) is 0 Å². The minimum absolute atomic E-state index is 0.0504. The topological polar surface area (TPSA) is 108 Å². The second-order valence-corrected chi connectivity index (χ2v) is 7.50. The van der Waals surface area contributed by atoms with Gasteiger partial charge in [-0.2, -0.15) is 5.10 Å². The zero-order valence-electron chi connectivity index (χ0n) is 17.8. The third-order valence-electron chi connectivity index (χ3n) is 5.50. The maximum absolute atomic E-state index is 12.7. The molecule has 160 valence electrons. The van der Waals surface area contributed by atoms with Gasteiger partial charge in [0.2, 0.25) is 0 Å². The molecule has 0 radical (unpaired) electrons. The predicted octanol–water partition coefficient (Wildman–Crippen LogP) is 3.35. The van der Waals surface area contributed by atoms with Crippen molar-refractivity contribution in [3.05, 3.63) is 58.5 Å². The summed E-state index contributed by atoms with van der Waals surface area (Å²) < 4.78 is 4.89. The van der Waals surface area contributed by atoms with Crippen molar-refractivity contribution in [2.75, 3.05) is 5.73 Å². The fourth-order valence-electron chi connectivity index (χ4n) is 4.18. The van der Waals surface area contributed by atoms with Crippen molar-refractivity contribution in [1.29, 1.82) is 0 Å². The molecule has 8 nitrogen and oxygen atoms in total. The molecular weight excluding hydrogens is 394 g/mol. The van der Waals surface area contributed by atoms with Crippen LogP contribution in [0, 0.1) is 6.92 Å². The highest BCUT2D eigenvalue weighted by Gasteiger charge is 2.22. The number of hydrogen-bond donors (Lipinski definition) is 2. The lowest BCUT2D eigenvalue weighted by Gasteiger charge is -2.10. The first kappa shape index (κ1) is 20.5. The number of carboxylic acid groups (broad SMARTS) is 1. The number of aryl methyl sites for hydroxylation is 3. The molecule has 0 fully saturated rings. The van der Waals surface area contributed by atoms with E-state index in [2.05, 4.69) is 5.10 Å². The zero-order chi connectivity index (χ0) is 22.3. The fourth-order valence-corrected chi connectivity index (χ4v) is 4.18. The Balaban J connectivity index is 2.02. The van der Waals surface area contributed by atoms with Crippen molar-refractivity contribution >= 4 is 22.8 Å². The summed E-state index contributed by atoms with van der Waals surface area (Å²) in [6.45, 7) is 6.67. The quantitative estimate of drug-likeness (QED) is 0.498. The number of hydrogen-bond acceptors (Lipinski definition) is 4. The van der Waals surface area contributed by atoms with Crippen molar-refractivity contribution in [2.24, 2.45) is 0 Å². The van der Waals surface area contributed by atoms with E-state index in [4.69, 9.17) is 5.73 Å². The molecule has 2 aromatic carbocycles. The van der Waals surface area contributed by atoms with Gasteiger partial charge in [-0.3, -0.25) is 18.6 Å². The summed E-state index contributed by atoms with van der Waals surface area (Å²) in [5.41, 5.74) is 11.9. The molecule has 0 aliphatic carbocycles. The maximum atomic E-state index is 12.7. The van der Waals surface area contributed by atoms with Crippen molar-refractivity contribution in [1.82, 2.24) is 18.9 Å². The molecule has 2 heterocycles. The van der Waals surface area contributed by atoms with E-state index in [1.54, 1.807) is 9.13 Å². The summed E-state index contributed by atoms with van der Waals surface area (Å²) >= 11 is 0. The molecule has 4 rings (SSSR count). The SMILES string of the molecule is CCn1c(=O)n(CC)c2cc(-c3c(N)nn(CC(=O)O)c3-c3cccc(C)c3)ccc21. The number of carbonyl (C=O) groups is 1. The van der Waals surface area contributed by atoms with Gasteiger partial charge < -0.3 is 10.8 Å². The Labute approximate surface area is 179 Å². The van der Waals surface area contributed by atoms with E-state index in [1.165, 1.54) is 4.68 Å². The molecule has 0 spiro atoms. The zero-order valence-corrected chi connectivity index (χ0v) is 17.8. The molecule has 0 aliphatic rings. The number of nitrogens with zero attached hydrogens (tertiary/aromatic N) is 4.